The highest BCUT2D eigenvalue weighted by Crippen LogP contribution is 2.33. The topological polar surface area (TPSA) is 75.5 Å². The molecule has 1 aliphatic heterocycles. The van der Waals surface area contributed by atoms with Crippen LogP contribution in [0.1, 0.15) is 43.7 Å². The maximum atomic E-state index is 13.1. The fraction of sp³-hybridized carbons (Fsp3) is 0.500. The molecule has 3 aromatic rings. The highest BCUT2D eigenvalue weighted by molar-refractivity contribution is 5.77. The molecule has 1 aromatic carbocycles. The van der Waals surface area contributed by atoms with Gasteiger partial charge in [0.05, 0.1) is 12.8 Å². The molecule has 8 heteroatoms. The number of pyridine rings is 1. The number of ether oxygens (including phenoxy) is 1. The Morgan fingerprint density at radius 2 is 1.82 bits per heavy atom. The molecular weight excluding hydrogens is 428 g/mol. The van der Waals surface area contributed by atoms with E-state index in [1.54, 1.807) is 7.11 Å². The predicted molar refractivity (Wildman–Crippen MR) is 137 cm³/mol. The summed E-state index contributed by atoms with van der Waals surface area (Å²) < 4.78 is 7.61. The van der Waals surface area contributed by atoms with Gasteiger partial charge in [0.15, 0.2) is 0 Å². The summed E-state index contributed by atoms with van der Waals surface area (Å²) in [4.78, 5) is 27.2. The first-order chi connectivity index (χ1) is 16.5. The van der Waals surface area contributed by atoms with Crippen LogP contribution in [0, 0.1) is 6.92 Å². The summed E-state index contributed by atoms with van der Waals surface area (Å²) in [6.45, 7) is 5.97. The number of aryl methyl sites for hydroxylation is 1. The first kappa shape index (κ1) is 22.7. The molecule has 1 saturated carbocycles. The Morgan fingerprint density at radius 3 is 2.56 bits per heavy atom. The lowest BCUT2D eigenvalue weighted by Crippen LogP contribution is -2.44. The molecule has 1 saturated heterocycles. The van der Waals surface area contributed by atoms with Crippen LogP contribution in [0.3, 0.4) is 0 Å². The summed E-state index contributed by atoms with van der Waals surface area (Å²) in [7, 11) is 3.84. The van der Waals surface area contributed by atoms with E-state index in [2.05, 4.69) is 39.3 Å². The largest absolute Gasteiger partial charge is 0.494 e. The molecule has 2 aromatic heterocycles. The van der Waals surface area contributed by atoms with Crippen molar-refractivity contribution in [1.82, 2.24) is 19.4 Å². The summed E-state index contributed by atoms with van der Waals surface area (Å²) >= 11 is 0. The van der Waals surface area contributed by atoms with E-state index in [0.717, 1.165) is 79.9 Å². The Bertz CT molecular complexity index is 1230. The van der Waals surface area contributed by atoms with Crippen molar-refractivity contribution in [1.29, 1.82) is 0 Å². The van der Waals surface area contributed by atoms with Crippen LogP contribution in [0.2, 0.25) is 0 Å². The normalized spacial score (nSPS) is 17.8. The third kappa shape index (κ3) is 4.46. The van der Waals surface area contributed by atoms with E-state index in [1.165, 1.54) is 6.42 Å². The van der Waals surface area contributed by atoms with Crippen LogP contribution in [0.5, 0.6) is 5.75 Å². The lowest BCUT2D eigenvalue weighted by molar-refractivity contribution is 0.312. The fourth-order valence-corrected chi connectivity index (χ4v) is 5.16. The smallest absolute Gasteiger partial charge is 0.255 e. The van der Waals surface area contributed by atoms with E-state index >= 15 is 0 Å². The van der Waals surface area contributed by atoms with Crippen LogP contribution in [0.4, 0.5) is 17.3 Å². The average molecular weight is 463 g/mol. The van der Waals surface area contributed by atoms with Crippen molar-refractivity contribution in [3.8, 4) is 5.75 Å². The van der Waals surface area contributed by atoms with E-state index in [1.807, 2.05) is 29.8 Å². The standard InChI is InChI=1S/C26H34N6O2/c1-18-15-19-17-27-26(29-24(19)32(25(18)33)20-7-5-4-6-8-20)28-22-10-9-21(16-23(22)34-3)31-13-11-30(2)12-14-31/h9-10,15-17,20H,4-8,11-14H2,1-3H3,(H,27,28,29). The van der Waals surface area contributed by atoms with Crippen molar-refractivity contribution in [2.45, 2.75) is 45.1 Å². The Morgan fingerprint density at radius 1 is 1.06 bits per heavy atom. The summed E-state index contributed by atoms with van der Waals surface area (Å²) in [5.41, 5.74) is 3.45. The van der Waals surface area contributed by atoms with E-state index in [9.17, 15) is 4.79 Å². The molecule has 0 atom stereocenters. The minimum atomic E-state index is 0.0539. The second kappa shape index (κ2) is 9.62. The number of hydrogen-bond donors (Lipinski definition) is 1. The van der Waals surface area contributed by atoms with Crippen LogP contribution < -0.4 is 20.5 Å². The predicted octanol–water partition coefficient (Wildman–Crippen LogP) is 4.11. The zero-order valence-electron chi connectivity index (χ0n) is 20.4. The third-order valence-corrected chi connectivity index (χ3v) is 7.19. The summed E-state index contributed by atoms with van der Waals surface area (Å²) in [5.74, 6) is 1.21. The van der Waals surface area contributed by atoms with E-state index in [0.29, 0.717) is 11.6 Å². The van der Waals surface area contributed by atoms with Gasteiger partial charge in [0.1, 0.15) is 11.4 Å². The molecule has 0 amide bonds. The Balaban J connectivity index is 1.47. The average Bonchev–Trinajstić information content (AvgIpc) is 2.86. The molecule has 180 valence electrons. The molecule has 0 bridgehead atoms. The monoisotopic (exact) mass is 462 g/mol. The van der Waals surface area contributed by atoms with Gasteiger partial charge in [0.25, 0.3) is 5.56 Å². The number of nitrogens with zero attached hydrogens (tertiary/aromatic N) is 5. The molecule has 5 rings (SSSR count). The molecule has 2 aliphatic rings. The first-order valence-corrected chi connectivity index (χ1v) is 12.3. The van der Waals surface area contributed by atoms with Crippen molar-refractivity contribution in [3.63, 3.8) is 0 Å². The van der Waals surface area contributed by atoms with E-state index in [-0.39, 0.29) is 11.6 Å². The number of likely N-dealkylation sites (N-methyl/N-ethyl adjacent to an activating group) is 1. The van der Waals surface area contributed by atoms with Crippen molar-refractivity contribution < 1.29 is 4.74 Å². The van der Waals surface area contributed by atoms with Crippen LogP contribution in [0.25, 0.3) is 11.0 Å². The van der Waals surface area contributed by atoms with Crippen LogP contribution >= 0.6 is 0 Å². The van der Waals surface area contributed by atoms with Crippen LogP contribution in [0.15, 0.2) is 35.3 Å². The van der Waals surface area contributed by atoms with Gasteiger partial charge in [0, 0.05) is 61.1 Å². The lowest BCUT2D eigenvalue weighted by Gasteiger charge is -2.34. The molecule has 8 nitrogen and oxygen atoms in total. The quantitative estimate of drug-likeness (QED) is 0.612. The number of hydrogen-bond acceptors (Lipinski definition) is 7. The number of benzene rings is 1. The van der Waals surface area contributed by atoms with E-state index in [4.69, 9.17) is 9.72 Å². The van der Waals surface area contributed by atoms with Gasteiger partial charge < -0.3 is 19.9 Å². The highest BCUT2D eigenvalue weighted by atomic mass is 16.5. The van der Waals surface area contributed by atoms with Gasteiger partial charge in [-0.15, -0.1) is 0 Å². The fourth-order valence-electron chi connectivity index (χ4n) is 5.16. The molecule has 1 N–H and O–H groups in total. The maximum absolute atomic E-state index is 13.1. The van der Waals surface area contributed by atoms with Gasteiger partial charge in [-0.1, -0.05) is 19.3 Å². The van der Waals surface area contributed by atoms with Gasteiger partial charge in [0.2, 0.25) is 5.95 Å². The Kier molecular flexibility index (Phi) is 6.41. The molecule has 34 heavy (non-hydrogen) atoms. The molecule has 1 aliphatic carbocycles. The van der Waals surface area contributed by atoms with Crippen molar-refractivity contribution in [3.05, 3.63) is 46.4 Å². The Hall–Kier alpha value is -3.13. The molecule has 0 spiro atoms. The number of rotatable bonds is 5. The van der Waals surface area contributed by atoms with Crippen LogP contribution in [-0.4, -0.2) is 59.8 Å². The first-order valence-electron chi connectivity index (χ1n) is 12.3. The zero-order valence-corrected chi connectivity index (χ0v) is 20.4. The van der Waals surface area contributed by atoms with Gasteiger partial charge in [-0.05, 0) is 45.0 Å². The number of piperazine rings is 1. The third-order valence-electron chi connectivity index (χ3n) is 7.19. The van der Waals surface area contributed by atoms with Gasteiger partial charge in [-0.25, -0.2) is 4.98 Å². The Labute approximate surface area is 200 Å². The molecule has 0 unspecified atom stereocenters. The molecule has 2 fully saturated rings. The number of anilines is 3. The minimum Gasteiger partial charge on any atom is -0.494 e. The van der Waals surface area contributed by atoms with Crippen molar-refractivity contribution in [2.24, 2.45) is 0 Å². The highest BCUT2D eigenvalue weighted by Gasteiger charge is 2.21. The molecule has 3 heterocycles. The van der Waals surface area contributed by atoms with Crippen molar-refractivity contribution in [2.75, 3.05) is 50.6 Å². The van der Waals surface area contributed by atoms with Gasteiger partial charge >= 0.3 is 0 Å². The number of methoxy groups -OCH3 is 1. The van der Waals surface area contributed by atoms with Gasteiger partial charge in [-0.3, -0.25) is 9.36 Å². The van der Waals surface area contributed by atoms with Gasteiger partial charge in [-0.2, -0.15) is 4.98 Å². The van der Waals surface area contributed by atoms with Crippen LogP contribution in [-0.2, 0) is 0 Å². The second-order valence-electron chi connectivity index (χ2n) is 9.57. The van der Waals surface area contributed by atoms with Crippen molar-refractivity contribution >= 4 is 28.4 Å². The zero-order chi connectivity index (χ0) is 23.7. The summed E-state index contributed by atoms with van der Waals surface area (Å²) in [5, 5.41) is 4.22. The SMILES string of the molecule is COc1cc(N2CCN(C)CC2)ccc1Nc1ncc2cc(C)c(=O)n(C3CCCCC3)c2n1. The summed E-state index contributed by atoms with van der Waals surface area (Å²) in [6, 6.07) is 8.29. The molecular formula is C26H34N6O2. The number of aromatic nitrogens is 3. The second-order valence-corrected chi connectivity index (χ2v) is 9.57. The molecule has 0 radical (unpaired) electrons. The maximum Gasteiger partial charge on any atom is 0.255 e. The minimum absolute atomic E-state index is 0.0539. The van der Waals surface area contributed by atoms with E-state index < -0.39 is 0 Å². The number of fused-ring (bicyclic) bond motifs is 1. The number of nitrogens with one attached hydrogen (secondary N) is 1. The lowest BCUT2D eigenvalue weighted by atomic mass is 9.95. The summed E-state index contributed by atoms with van der Waals surface area (Å²) in [6.07, 6.45) is 7.39.